The van der Waals surface area contributed by atoms with Gasteiger partial charge in [0, 0.05) is 24.4 Å². The third-order valence-corrected chi connectivity index (χ3v) is 6.02. The summed E-state index contributed by atoms with van der Waals surface area (Å²) in [6, 6.07) is 14.1. The number of aromatic nitrogens is 1. The van der Waals surface area contributed by atoms with Gasteiger partial charge < -0.3 is 15.8 Å². The van der Waals surface area contributed by atoms with Crippen LogP contribution in [0.1, 0.15) is 12.0 Å². The molecule has 0 amide bonds. The van der Waals surface area contributed by atoms with Gasteiger partial charge in [0.1, 0.15) is 11.6 Å². The van der Waals surface area contributed by atoms with Gasteiger partial charge in [-0.2, -0.15) is 0 Å². The van der Waals surface area contributed by atoms with Crippen LogP contribution in [0.4, 0.5) is 4.39 Å². The molecule has 0 fully saturated rings. The van der Waals surface area contributed by atoms with Gasteiger partial charge >= 0.3 is 0 Å². The van der Waals surface area contributed by atoms with Crippen molar-refractivity contribution in [1.29, 1.82) is 0 Å². The predicted molar refractivity (Wildman–Crippen MR) is 111 cm³/mol. The van der Waals surface area contributed by atoms with E-state index < -0.39 is 15.8 Å². The van der Waals surface area contributed by atoms with E-state index in [2.05, 4.69) is 5.32 Å². The van der Waals surface area contributed by atoms with Gasteiger partial charge in [0.05, 0.1) is 17.2 Å². The fraction of sp³-hybridized carbons (Fsp3) is 0.238. The van der Waals surface area contributed by atoms with Crippen LogP contribution in [0.25, 0.3) is 11.3 Å². The fourth-order valence-electron chi connectivity index (χ4n) is 2.97. The number of rotatable bonds is 9. The quantitative estimate of drug-likeness (QED) is 0.523. The molecule has 29 heavy (non-hydrogen) atoms. The van der Waals surface area contributed by atoms with Crippen molar-refractivity contribution < 1.29 is 17.5 Å². The summed E-state index contributed by atoms with van der Waals surface area (Å²) in [5, 5.41) is 2.99. The maximum atomic E-state index is 14.4. The topological polar surface area (TPSA) is 86.3 Å². The first-order valence-electron chi connectivity index (χ1n) is 9.26. The average Bonchev–Trinajstić information content (AvgIpc) is 3.14. The summed E-state index contributed by atoms with van der Waals surface area (Å²) >= 11 is 0. The minimum Gasteiger partial charge on any atom is -0.494 e. The minimum atomic E-state index is -3.97. The molecule has 0 aliphatic rings. The summed E-state index contributed by atoms with van der Waals surface area (Å²) in [6.07, 6.45) is 2.18. The van der Waals surface area contributed by atoms with Gasteiger partial charge in [-0.25, -0.2) is 16.8 Å². The number of hydrogen-bond donors (Lipinski definition) is 2. The molecule has 1 aromatic heterocycles. The van der Waals surface area contributed by atoms with Crippen LogP contribution in [-0.2, 0) is 16.6 Å². The van der Waals surface area contributed by atoms with Crippen LogP contribution >= 0.6 is 0 Å². The highest BCUT2D eigenvalue weighted by atomic mass is 32.2. The number of benzene rings is 2. The number of nitrogens with two attached hydrogens (primary N) is 1. The number of halogens is 1. The Morgan fingerprint density at radius 3 is 2.66 bits per heavy atom. The van der Waals surface area contributed by atoms with E-state index in [1.54, 1.807) is 43.4 Å². The van der Waals surface area contributed by atoms with Crippen LogP contribution in [0.3, 0.4) is 0 Å². The molecule has 0 aliphatic carbocycles. The molecule has 3 rings (SSSR count). The van der Waals surface area contributed by atoms with Crippen LogP contribution < -0.4 is 15.8 Å². The third kappa shape index (κ3) is 4.67. The molecule has 0 aliphatic heterocycles. The van der Waals surface area contributed by atoms with E-state index in [1.165, 1.54) is 24.4 Å². The van der Waals surface area contributed by atoms with E-state index in [4.69, 9.17) is 10.5 Å². The number of nitrogens with one attached hydrogen (secondary N) is 1. The highest BCUT2D eigenvalue weighted by molar-refractivity contribution is 7.90. The van der Waals surface area contributed by atoms with Crippen LogP contribution in [-0.4, -0.2) is 32.6 Å². The zero-order chi connectivity index (χ0) is 20.9. The molecule has 0 saturated carbocycles. The molecule has 0 bridgehead atoms. The summed E-state index contributed by atoms with van der Waals surface area (Å²) in [5.41, 5.74) is 6.67. The van der Waals surface area contributed by atoms with Crippen LogP contribution in [0.5, 0.6) is 5.75 Å². The molecule has 0 spiro atoms. The van der Waals surface area contributed by atoms with Gasteiger partial charge in [0.25, 0.3) is 10.0 Å². The van der Waals surface area contributed by atoms with Gasteiger partial charge in [-0.3, -0.25) is 0 Å². The summed E-state index contributed by atoms with van der Waals surface area (Å²) in [4.78, 5) is 0.0620. The van der Waals surface area contributed by atoms with E-state index in [0.29, 0.717) is 31.9 Å². The van der Waals surface area contributed by atoms with Gasteiger partial charge in [-0.05, 0) is 55.9 Å². The molecule has 0 radical (unpaired) electrons. The number of ether oxygens (including phenoxy) is 1. The van der Waals surface area contributed by atoms with E-state index in [0.717, 1.165) is 9.54 Å². The van der Waals surface area contributed by atoms with Crippen molar-refractivity contribution in [2.24, 2.45) is 5.73 Å². The fourth-order valence-corrected chi connectivity index (χ4v) is 4.40. The monoisotopic (exact) mass is 417 g/mol. The lowest BCUT2D eigenvalue weighted by molar-refractivity contribution is 0.312. The number of hydrogen-bond acceptors (Lipinski definition) is 5. The van der Waals surface area contributed by atoms with Crippen LogP contribution in [0.15, 0.2) is 65.7 Å². The molecule has 0 unspecified atom stereocenters. The lowest BCUT2D eigenvalue weighted by atomic mass is 10.1. The Morgan fingerprint density at radius 2 is 1.93 bits per heavy atom. The minimum absolute atomic E-state index is 0.0620. The van der Waals surface area contributed by atoms with Crippen molar-refractivity contribution in [1.82, 2.24) is 9.29 Å². The first kappa shape index (κ1) is 21.0. The summed E-state index contributed by atoms with van der Waals surface area (Å²) in [5.74, 6) is -0.0495. The van der Waals surface area contributed by atoms with Crippen molar-refractivity contribution in [2.45, 2.75) is 17.9 Å². The van der Waals surface area contributed by atoms with E-state index in [-0.39, 0.29) is 16.2 Å². The Hall–Kier alpha value is -2.68. The summed E-state index contributed by atoms with van der Waals surface area (Å²) in [7, 11) is -2.21. The van der Waals surface area contributed by atoms with Crippen molar-refractivity contribution in [2.75, 3.05) is 20.2 Å². The van der Waals surface area contributed by atoms with E-state index >= 15 is 0 Å². The van der Waals surface area contributed by atoms with Crippen LogP contribution in [0, 0.1) is 5.82 Å². The summed E-state index contributed by atoms with van der Waals surface area (Å²) < 4.78 is 47.9. The molecule has 8 heteroatoms. The van der Waals surface area contributed by atoms with Gasteiger partial charge in [-0.15, -0.1) is 0 Å². The molecule has 154 valence electrons. The Labute approximate surface area is 170 Å². The highest BCUT2D eigenvalue weighted by Gasteiger charge is 2.23. The second-order valence-electron chi connectivity index (χ2n) is 6.51. The Balaban J connectivity index is 2.07. The van der Waals surface area contributed by atoms with E-state index in [1.807, 2.05) is 0 Å². The third-order valence-electron chi connectivity index (χ3n) is 4.35. The zero-order valence-corrected chi connectivity index (χ0v) is 17.0. The molecule has 2 aromatic carbocycles. The van der Waals surface area contributed by atoms with Gasteiger partial charge in [0.2, 0.25) is 0 Å². The maximum absolute atomic E-state index is 14.4. The smallest absolute Gasteiger partial charge is 0.268 e. The molecule has 3 aromatic rings. The van der Waals surface area contributed by atoms with E-state index in [9.17, 15) is 12.8 Å². The maximum Gasteiger partial charge on any atom is 0.268 e. The average molecular weight is 418 g/mol. The van der Waals surface area contributed by atoms with Crippen molar-refractivity contribution in [3.05, 3.63) is 72.2 Å². The van der Waals surface area contributed by atoms with Crippen molar-refractivity contribution in [3.63, 3.8) is 0 Å². The zero-order valence-electron chi connectivity index (χ0n) is 16.1. The largest absolute Gasteiger partial charge is 0.494 e. The van der Waals surface area contributed by atoms with Gasteiger partial charge in [-0.1, -0.05) is 18.2 Å². The number of nitrogens with zero attached hydrogens (tertiary/aromatic N) is 1. The first-order chi connectivity index (χ1) is 14.0. The Kier molecular flexibility index (Phi) is 6.68. The molecular formula is C21H24FN3O3S. The molecule has 6 nitrogen and oxygen atoms in total. The SMILES string of the molecule is CNCc1cc(-c2ccccc2F)n(S(=O)(=O)c2cccc(OCCCN)c2)c1. The lowest BCUT2D eigenvalue weighted by Gasteiger charge is -2.12. The van der Waals surface area contributed by atoms with Crippen LogP contribution in [0.2, 0.25) is 0 Å². The lowest BCUT2D eigenvalue weighted by Crippen LogP contribution is -2.14. The molecule has 0 saturated heterocycles. The Bertz CT molecular complexity index is 1080. The normalized spacial score (nSPS) is 11.6. The summed E-state index contributed by atoms with van der Waals surface area (Å²) in [6.45, 7) is 1.34. The Morgan fingerprint density at radius 1 is 1.14 bits per heavy atom. The first-order valence-corrected chi connectivity index (χ1v) is 10.7. The second kappa shape index (κ2) is 9.21. The molecule has 0 atom stereocenters. The molecular weight excluding hydrogens is 393 g/mol. The second-order valence-corrected chi connectivity index (χ2v) is 8.33. The standard InChI is InChI=1S/C21H24FN3O3S/c1-24-14-16-12-21(19-8-2-3-9-20(19)22)25(15-16)29(26,27)18-7-4-6-17(13-18)28-11-5-10-23/h2-4,6-9,12-13,15,24H,5,10-11,14,23H2,1H3. The highest BCUT2D eigenvalue weighted by Crippen LogP contribution is 2.30. The van der Waals surface area contributed by atoms with Crippen molar-refractivity contribution in [3.8, 4) is 17.0 Å². The molecule has 1 heterocycles. The van der Waals surface area contributed by atoms with Gasteiger partial charge in [0.15, 0.2) is 0 Å². The molecule has 3 N–H and O–H groups in total. The van der Waals surface area contributed by atoms with Crippen molar-refractivity contribution >= 4 is 10.0 Å². The predicted octanol–water partition coefficient (Wildman–Crippen LogP) is 2.98.